The number of hydrogen-bond donors (Lipinski definition) is 1. The van der Waals surface area contributed by atoms with Crippen molar-refractivity contribution in [2.45, 2.75) is 51.9 Å². The number of aryl methyl sites for hydroxylation is 2. The lowest BCUT2D eigenvalue weighted by Gasteiger charge is -2.22. The van der Waals surface area contributed by atoms with Gasteiger partial charge in [-0.2, -0.15) is 0 Å². The molecule has 1 N–H and O–H groups in total. The Morgan fingerprint density at radius 2 is 1.85 bits per heavy atom. The van der Waals surface area contributed by atoms with Crippen LogP contribution in [0.25, 0.3) is 0 Å². The van der Waals surface area contributed by atoms with Crippen LogP contribution < -0.4 is 10.1 Å². The number of fused-ring (bicyclic) bond motifs is 1. The summed E-state index contributed by atoms with van der Waals surface area (Å²) in [5.41, 5.74) is 3.24. The van der Waals surface area contributed by atoms with Crippen LogP contribution in [0.3, 0.4) is 0 Å². The lowest BCUT2D eigenvalue weighted by atomic mass is 9.86. The number of aromatic nitrogens is 2. The summed E-state index contributed by atoms with van der Waals surface area (Å²) in [5, 5.41) is 4.35. The molecule has 0 amide bonds. The van der Waals surface area contributed by atoms with Crippen LogP contribution in [0, 0.1) is 0 Å². The standard InChI is InChI=1S/C22H25N3OS/c1-22(2,3)15-9-4-6-12-18(15)26-20-17(11-8-14-23-20)25-21-24-16-10-5-7-13-19(16)27-21/h4,6,8-9,11-12,14H,5,7,10,13H2,1-3H3,(H,24,25). The molecule has 1 aliphatic rings. The first-order valence-corrected chi connectivity index (χ1v) is 10.3. The zero-order valence-electron chi connectivity index (χ0n) is 16.1. The van der Waals surface area contributed by atoms with Crippen molar-refractivity contribution in [2.24, 2.45) is 0 Å². The summed E-state index contributed by atoms with van der Waals surface area (Å²) < 4.78 is 6.24. The van der Waals surface area contributed by atoms with E-state index >= 15 is 0 Å². The van der Waals surface area contributed by atoms with Crippen LogP contribution in [0.4, 0.5) is 10.8 Å². The predicted octanol–water partition coefficient (Wildman–Crippen LogP) is 6.25. The molecule has 0 atom stereocenters. The number of pyridine rings is 1. The third-order valence-corrected chi connectivity index (χ3v) is 5.83. The van der Waals surface area contributed by atoms with Gasteiger partial charge in [0.1, 0.15) is 11.4 Å². The van der Waals surface area contributed by atoms with Gasteiger partial charge in [-0.15, -0.1) is 11.3 Å². The molecular weight excluding hydrogens is 354 g/mol. The SMILES string of the molecule is CC(C)(C)c1ccccc1Oc1ncccc1Nc1nc2c(s1)CCCC2. The van der Waals surface area contributed by atoms with Gasteiger partial charge in [0, 0.05) is 16.6 Å². The molecule has 0 aliphatic heterocycles. The first kappa shape index (κ1) is 18.0. The van der Waals surface area contributed by atoms with Gasteiger partial charge in [-0.05, 0) is 49.3 Å². The number of para-hydroxylation sites is 1. The molecule has 0 fully saturated rings. The van der Waals surface area contributed by atoms with Crippen LogP contribution in [-0.2, 0) is 18.3 Å². The molecule has 0 saturated carbocycles. The summed E-state index contributed by atoms with van der Waals surface area (Å²) in [6.45, 7) is 6.56. The normalized spacial score (nSPS) is 13.9. The Morgan fingerprint density at radius 1 is 1.04 bits per heavy atom. The molecule has 2 aromatic heterocycles. The molecule has 1 aromatic carbocycles. The number of anilines is 2. The average Bonchev–Trinajstić information content (AvgIpc) is 3.05. The minimum absolute atomic E-state index is 0.00662. The number of ether oxygens (including phenoxy) is 1. The van der Waals surface area contributed by atoms with Crippen molar-refractivity contribution >= 4 is 22.2 Å². The largest absolute Gasteiger partial charge is 0.437 e. The van der Waals surface area contributed by atoms with E-state index in [1.807, 2.05) is 30.3 Å². The second-order valence-corrected chi connectivity index (χ2v) is 9.01. The summed E-state index contributed by atoms with van der Waals surface area (Å²) in [4.78, 5) is 10.7. The number of benzene rings is 1. The van der Waals surface area contributed by atoms with Crippen molar-refractivity contribution in [1.29, 1.82) is 0 Å². The number of rotatable bonds is 4. The van der Waals surface area contributed by atoms with Gasteiger partial charge in [0.05, 0.1) is 5.69 Å². The van der Waals surface area contributed by atoms with Gasteiger partial charge in [0.2, 0.25) is 5.88 Å². The number of hydrogen-bond acceptors (Lipinski definition) is 5. The maximum atomic E-state index is 6.24. The van der Waals surface area contributed by atoms with E-state index in [-0.39, 0.29) is 5.41 Å². The smallest absolute Gasteiger partial charge is 0.243 e. The molecule has 0 saturated heterocycles. The van der Waals surface area contributed by atoms with Crippen molar-refractivity contribution in [1.82, 2.24) is 9.97 Å². The average molecular weight is 380 g/mol. The van der Waals surface area contributed by atoms with E-state index in [4.69, 9.17) is 9.72 Å². The van der Waals surface area contributed by atoms with Crippen LogP contribution in [0.5, 0.6) is 11.6 Å². The summed E-state index contributed by atoms with van der Waals surface area (Å²) in [6.07, 6.45) is 6.49. The molecule has 5 heteroatoms. The van der Waals surface area contributed by atoms with E-state index < -0.39 is 0 Å². The van der Waals surface area contributed by atoms with Gasteiger partial charge >= 0.3 is 0 Å². The summed E-state index contributed by atoms with van der Waals surface area (Å²) >= 11 is 1.75. The summed E-state index contributed by atoms with van der Waals surface area (Å²) in [7, 11) is 0. The molecule has 27 heavy (non-hydrogen) atoms. The highest BCUT2D eigenvalue weighted by molar-refractivity contribution is 7.15. The van der Waals surface area contributed by atoms with Gasteiger partial charge in [0.15, 0.2) is 5.13 Å². The minimum Gasteiger partial charge on any atom is -0.437 e. The number of thiazole rings is 1. The zero-order chi connectivity index (χ0) is 18.9. The Labute approximate surface area is 164 Å². The number of nitrogens with one attached hydrogen (secondary N) is 1. The fraction of sp³-hybridized carbons (Fsp3) is 0.364. The van der Waals surface area contributed by atoms with Crippen LogP contribution in [-0.4, -0.2) is 9.97 Å². The van der Waals surface area contributed by atoms with Crippen molar-refractivity contribution in [2.75, 3.05) is 5.32 Å². The van der Waals surface area contributed by atoms with E-state index in [0.29, 0.717) is 5.88 Å². The molecule has 4 nitrogen and oxygen atoms in total. The van der Waals surface area contributed by atoms with Crippen LogP contribution in [0.15, 0.2) is 42.6 Å². The molecule has 140 valence electrons. The second kappa shape index (κ2) is 7.31. The third kappa shape index (κ3) is 3.98. The Morgan fingerprint density at radius 3 is 2.67 bits per heavy atom. The second-order valence-electron chi connectivity index (χ2n) is 7.93. The van der Waals surface area contributed by atoms with Crippen LogP contribution in [0.1, 0.15) is 49.7 Å². The topological polar surface area (TPSA) is 47.0 Å². The van der Waals surface area contributed by atoms with Gasteiger partial charge in [0.25, 0.3) is 0 Å². The molecule has 0 bridgehead atoms. The van der Waals surface area contributed by atoms with Crippen molar-refractivity contribution in [3.8, 4) is 11.6 Å². The molecular formula is C22H25N3OS. The Bertz CT molecular complexity index is 919. The Hall–Kier alpha value is -2.40. The van der Waals surface area contributed by atoms with E-state index in [0.717, 1.165) is 35.0 Å². The molecule has 0 spiro atoms. The van der Waals surface area contributed by atoms with Gasteiger partial charge < -0.3 is 10.1 Å². The van der Waals surface area contributed by atoms with Gasteiger partial charge in [-0.25, -0.2) is 9.97 Å². The van der Waals surface area contributed by atoms with Gasteiger partial charge in [-0.1, -0.05) is 39.0 Å². The molecule has 0 radical (unpaired) electrons. The first-order valence-electron chi connectivity index (χ1n) is 9.49. The van der Waals surface area contributed by atoms with Gasteiger partial charge in [-0.3, -0.25) is 0 Å². The lowest BCUT2D eigenvalue weighted by Crippen LogP contribution is -2.12. The summed E-state index contributed by atoms with van der Waals surface area (Å²) in [6, 6.07) is 12.1. The predicted molar refractivity (Wildman–Crippen MR) is 111 cm³/mol. The van der Waals surface area contributed by atoms with E-state index in [1.165, 1.54) is 23.4 Å². The lowest BCUT2D eigenvalue weighted by molar-refractivity contribution is 0.442. The molecule has 0 unspecified atom stereocenters. The third-order valence-electron chi connectivity index (χ3n) is 4.76. The molecule has 4 rings (SSSR count). The van der Waals surface area contributed by atoms with Crippen molar-refractivity contribution in [3.05, 3.63) is 58.7 Å². The highest BCUT2D eigenvalue weighted by Crippen LogP contribution is 2.37. The van der Waals surface area contributed by atoms with Crippen LogP contribution >= 0.6 is 11.3 Å². The quantitative estimate of drug-likeness (QED) is 0.582. The maximum absolute atomic E-state index is 6.24. The minimum atomic E-state index is -0.00662. The van der Waals surface area contributed by atoms with E-state index in [9.17, 15) is 0 Å². The Kier molecular flexibility index (Phi) is 4.87. The van der Waals surface area contributed by atoms with E-state index in [2.05, 4.69) is 37.1 Å². The fourth-order valence-corrected chi connectivity index (χ4v) is 4.43. The molecule has 2 heterocycles. The highest BCUT2D eigenvalue weighted by atomic mass is 32.1. The summed E-state index contributed by atoms with van der Waals surface area (Å²) in [5.74, 6) is 1.41. The molecule has 3 aromatic rings. The number of nitrogens with zero attached hydrogens (tertiary/aromatic N) is 2. The van der Waals surface area contributed by atoms with Crippen molar-refractivity contribution in [3.63, 3.8) is 0 Å². The van der Waals surface area contributed by atoms with E-state index in [1.54, 1.807) is 17.5 Å². The monoisotopic (exact) mass is 379 g/mol. The zero-order valence-corrected chi connectivity index (χ0v) is 16.9. The van der Waals surface area contributed by atoms with Crippen LogP contribution in [0.2, 0.25) is 0 Å². The first-order chi connectivity index (χ1) is 13.0. The molecule has 1 aliphatic carbocycles. The fourth-order valence-electron chi connectivity index (χ4n) is 3.37. The van der Waals surface area contributed by atoms with Crippen molar-refractivity contribution < 1.29 is 4.74 Å². The highest BCUT2D eigenvalue weighted by Gasteiger charge is 2.20. The Balaban J connectivity index is 1.62. The maximum Gasteiger partial charge on any atom is 0.243 e.